The summed E-state index contributed by atoms with van der Waals surface area (Å²) < 4.78 is 13.1. The van der Waals surface area contributed by atoms with Gasteiger partial charge in [-0.15, -0.1) is 0 Å². The van der Waals surface area contributed by atoms with Crippen LogP contribution in [0.3, 0.4) is 0 Å². The third-order valence-corrected chi connectivity index (χ3v) is 3.32. The summed E-state index contributed by atoms with van der Waals surface area (Å²) in [5.74, 6) is -1.02. The van der Waals surface area contributed by atoms with E-state index in [1.165, 1.54) is 31.2 Å². The molecule has 1 aromatic heterocycles. The number of aromatic amines is 1. The number of benzene rings is 1. The lowest BCUT2D eigenvalue weighted by Crippen LogP contribution is -2.30. The summed E-state index contributed by atoms with van der Waals surface area (Å²) in [6, 6.07) is 5.43. The van der Waals surface area contributed by atoms with Gasteiger partial charge >= 0.3 is 0 Å². The maximum Gasteiger partial charge on any atom is 0.261 e. The van der Waals surface area contributed by atoms with E-state index in [1.807, 2.05) is 0 Å². The van der Waals surface area contributed by atoms with E-state index in [2.05, 4.69) is 15.6 Å². The number of nitrogens with one attached hydrogen (secondary N) is 3. The summed E-state index contributed by atoms with van der Waals surface area (Å²) in [6.07, 6.45) is 1.41. The zero-order valence-electron chi connectivity index (χ0n) is 12.7. The summed E-state index contributed by atoms with van der Waals surface area (Å²) in [6.45, 7) is 2.40. The third-order valence-electron chi connectivity index (χ3n) is 3.32. The number of halogens is 1. The average molecular weight is 319 g/mol. The fraction of sp³-hybridized carbons (Fsp3) is 0.312. The fourth-order valence-electron chi connectivity index (χ4n) is 2.15. The highest BCUT2D eigenvalue weighted by molar-refractivity contribution is 5.97. The smallest absolute Gasteiger partial charge is 0.261 e. The Kier molecular flexibility index (Phi) is 5.46. The highest BCUT2D eigenvalue weighted by Crippen LogP contribution is 2.12. The second-order valence-electron chi connectivity index (χ2n) is 5.19. The molecule has 0 unspecified atom stereocenters. The number of H-pyrrole nitrogens is 1. The number of hydrogen-bond acceptors (Lipinski definition) is 3. The molecule has 6 nitrogen and oxygen atoms in total. The zero-order chi connectivity index (χ0) is 16.8. The van der Waals surface area contributed by atoms with Crippen LogP contribution in [0.25, 0.3) is 10.9 Å². The minimum atomic E-state index is -0.557. The summed E-state index contributed by atoms with van der Waals surface area (Å²) >= 11 is 0. The van der Waals surface area contributed by atoms with E-state index >= 15 is 0 Å². The number of aromatic nitrogens is 1. The molecule has 0 radical (unpaired) electrons. The van der Waals surface area contributed by atoms with Crippen molar-refractivity contribution in [2.45, 2.75) is 19.8 Å². The van der Waals surface area contributed by atoms with Crippen LogP contribution in [0.4, 0.5) is 4.39 Å². The van der Waals surface area contributed by atoms with E-state index in [9.17, 15) is 18.8 Å². The Morgan fingerprint density at radius 2 is 1.83 bits per heavy atom. The highest BCUT2D eigenvalue weighted by Gasteiger charge is 2.11. The van der Waals surface area contributed by atoms with Crippen LogP contribution in [-0.4, -0.2) is 29.9 Å². The number of unbranched alkanes of at least 4 members (excludes halogenated alkanes) is 1. The van der Waals surface area contributed by atoms with Crippen molar-refractivity contribution in [1.29, 1.82) is 0 Å². The summed E-state index contributed by atoms with van der Waals surface area (Å²) in [7, 11) is 0. The van der Waals surface area contributed by atoms with Crippen LogP contribution in [0.5, 0.6) is 0 Å². The van der Waals surface area contributed by atoms with Gasteiger partial charge in [-0.3, -0.25) is 14.4 Å². The second-order valence-corrected chi connectivity index (χ2v) is 5.19. The molecule has 2 rings (SSSR count). The molecule has 0 spiro atoms. The van der Waals surface area contributed by atoms with Gasteiger partial charge in [-0.25, -0.2) is 4.39 Å². The summed E-state index contributed by atoms with van der Waals surface area (Å²) in [5.41, 5.74) is -0.216. The number of amides is 2. The molecular weight excluding hydrogens is 301 g/mol. The first kappa shape index (κ1) is 16.7. The average Bonchev–Trinajstić information content (AvgIpc) is 2.49. The predicted octanol–water partition coefficient (Wildman–Crippen LogP) is 1.31. The molecule has 2 aromatic rings. The van der Waals surface area contributed by atoms with Gasteiger partial charge in [-0.1, -0.05) is 0 Å². The molecule has 0 aliphatic rings. The van der Waals surface area contributed by atoms with E-state index in [-0.39, 0.29) is 11.5 Å². The number of pyridine rings is 1. The van der Waals surface area contributed by atoms with Crippen LogP contribution in [0.1, 0.15) is 30.1 Å². The van der Waals surface area contributed by atoms with Gasteiger partial charge in [0, 0.05) is 20.0 Å². The first-order valence-electron chi connectivity index (χ1n) is 7.32. The van der Waals surface area contributed by atoms with Gasteiger partial charge in [0.15, 0.2) is 0 Å². The molecule has 122 valence electrons. The Morgan fingerprint density at radius 1 is 1.13 bits per heavy atom. The molecule has 0 atom stereocenters. The summed E-state index contributed by atoms with van der Waals surface area (Å²) in [5, 5.41) is 5.91. The molecule has 0 aliphatic carbocycles. The van der Waals surface area contributed by atoms with E-state index < -0.39 is 17.3 Å². The van der Waals surface area contributed by atoms with Crippen molar-refractivity contribution >= 4 is 22.7 Å². The molecule has 1 aromatic carbocycles. The number of hydrogen-bond donors (Lipinski definition) is 3. The van der Waals surface area contributed by atoms with Crippen molar-refractivity contribution in [2.75, 3.05) is 13.1 Å². The largest absolute Gasteiger partial charge is 0.356 e. The topological polar surface area (TPSA) is 91.1 Å². The Bertz CT molecular complexity index is 786. The monoisotopic (exact) mass is 319 g/mol. The van der Waals surface area contributed by atoms with Crippen molar-refractivity contribution in [3.63, 3.8) is 0 Å². The Hall–Kier alpha value is -2.70. The normalized spacial score (nSPS) is 10.5. The van der Waals surface area contributed by atoms with Gasteiger partial charge < -0.3 is 15.6 Å². The molecule has 1 heterocycles. The molecule has 2 amide bonds. The zero-order valence-corrected chi connectivity index (χ0v) is 12.7. The van der Waals surface area contributed by atoms with Crippen molar-refractivity contribution < 1.29 is 14.0 Å². The standard InChI is InChI=1S/C16H18FN3O3/c1-10(21)18-6-2-3-7-19-15(22)13-8-11-4-5-12(17)9-14(11)20-16(13)23/h4-5,8-9H,2-3,6-7H2,1H3,(H,18,21)(H,19,22)(H,20,23). The van der Waals surface area contributed by atoms with Gasteiger partial charge in [-0.2, -0.15) is 0 Å². The van der Waals surface area contributed by atoms with Gasteiger partial charge in [0.05, 0.1) is 5.52 Å². The maximum absolute atomic E-state index is 13.1. The lowest BCUT2D eigenvalue weighted by molar-refractivity contribution is -0.118. The number of carbonyl (C=O) groups excluding carboxylic acids is 2. The van der Waals surface area contributed by atoms with Crippen molar-refractivity contribution in [1.82, 2.24) is 15.6 Å². The van der Waals surface area contributed by atoms with E-state index in [1.54, 1.807) is 0 Å². The first-order chi connectivity index (χ1) is 11.0. The molecule has 3 N–H and O–H groups in total. The molecule has 0 saturated heterocycles. The van der Waals surface area contributed by atoms with Crippen LogP contribution in [0.2, 0.25) is 0 Å². The van der Waals surface area contributed by atoms with Crippen LogP contribution < -0.4 is 16.2 Å². The molecule has 0 aliphatic heterocycles. The quantitative estimate of drug-likeness (QED) is 0.701. The Labute approximate surface area is 132 Å². The molecule has 7 heteroatoms. The van der Waals surface area contributed by atoms with Crippen molar-refractivity contribution in [3.05, 3.63) is 46.0 Å². The second kappa shape index (κ2) is 7.53. The molecular formula is C16H18FN3O3. The lowest BCUT2D eigenvalue weighted by Gasteiger charge is -2.06. The van der Waals surface area contributed by atoms with E-state index in [4.69, 9.17) is 0 Å². The molecule has 0 saturated carbocycles. The Balaban J connectivity index is 1.95. The van der Waals surface area contributed by atoms with Crippen LogP contribution in [-0.2, 0) is 4.79 Å². The van der Waals surface area contributed by atoms with Crippen LogP contribution in [0, 0.1) is 5.82 Å². The molecule has 0 bridgehead atoms. The number of rotatable bonds is 6. The van der Waals surface area contributed by atoms with Crippen molar-refractivity contribution in [2.24, 2.45) is 0 Å². The van der Waals surface area contributed by atoms with E-state index in [0.717, 1.165) is 6.42 Å². The Morgan fingerprint density at radius 3 is 2.52 bits per heavy atom. The lowest BCUT2D eigenvalue weighted by atomic mass is 10.1. The fourth-order valence-corrected chi connectivity index (χ4v) is 2.15. The van der Waals surface area contributed by atoms with Crippen LogP contribution >= 0.6 is 0 Å². The van der Waals surface area contributed by atoms with Crippen molar-refractivity contribution in [3.8, 4) is 0 Å². The van der Waals surface area contributed by atoms with E-state index in [0.29, 0.717) is 30.4 Å². The highest BCUT2D eigenvalue weighted by atomic mass is 19.1. The first-order valence-corrected chi connectivity index (χ1v) is 7.32. The predicted molar refractivity (Wildman–Crippen MR) is 84.8 cm³/mol. The number of fused-ring (bicyclic) bond motifs is 1. The van der Waals surface area contributed by atoms with Crippen LogP contribution in [0.15, 0.2) is 29.1 Å². The minimum absolute atomic E-state index is 0.00836. The number of carbonyl (C=O) groups is 2. The van der Waals surface area contributed by atoms with Gasteiger partial charge in [0.2, 0.25) is 5.91 Å². The maximum atomic E-state index is 13.1. The molecule has 23 heavy (non-hydrogen) atoms. The summed E-state index contributed by atoms with van der Waals surface area (Å²) in [4.78, 5) is 37.1. The van der Waals surface area contributed by atoms with Gasteiger partial charge in [-0.05, 0) is 42.5 Å². The molecule has 0 fully saturated rings. The van der Waals surface area contributed by atoms with Gasteiger partial charge in [0.25, 0.3) is 11.5 Å². The van der Waals surface area contributed by atoms with Gasteiger partial charge in [0.1, 0.15) is 11.4 Å². The SMILES string of the molecule is CC(=O)NCCCCNC(=O)c1cc2ccc(F)cc2[nH]c1=O. The minimum Gasteiger partial charge on any atom is -0.356 e. The third kappa shape index (κ3) is 4.64.